The van der Waals surface area contributed by atoms with Gasteiger partial charge < -0.3 is 0 Å². The zero-order valence-electron chi connectivity index (χ0n) is 24.4. The molecule has 0 heteroatoms. The Balaban J connectivity index is 1.32. The van der Waals surface area contributed by atoms with Crippen molar-refractivity contribution in [2.75, 3.05) is 0 Å². The number of benzene rings is 8. The third-order valence-electron chi connectivity index (χ3n) is 9.48. The monoisotopic (exact) mass is 558 g/mol. The van der Waals surface area contributed by atoms with E-state index in [4.69, 9.17) is 0 Å². The van der Waals surface area contributed by atoms with Crippen LogP contribution in [-0.4, -0.2) is 0 Å². The van der Waals surface area contributed by atoms with E-state index in [0.29, 0.717) is 0 Å². The second kappa shape index (κ2) is 10.1. The molecule has 9 rings (SSSR count). The van der Waals surface area contributed by atoms with Gasteiger partial charge in [0.2, 0.25) is 0 Å². The van der Waals surface area contributed by atoms with Crippen LogP contribution in [0.15, 0.2) is 152 Å². The molecule has 0 aromatic heterocycles. The lowest BCUT2D eigenvalue weighted by atomic mass is 9.79. The van der Waals surface area contributed by atoms with Crippen molar-refractivity contribution in [2.24, 2.45) is 0 Å². The minimum Gasteiger partial charge on any atom is -0.0836 e. The Morgan fingerprint density at radius 2 is 1.00 bits per heavy atom. The van der Waals surface area contributed by atoms with Gasteiger partial charge in [-0.2, -0.15) is 0 Å². The van der Waals surface area contributed by atoms with E-state index < -0.39 is 0 Å². The molecule has 1 aliphatic rings. The van der Waals surface area contributed by atoms with Gasteiger partial charge in [0.05, 0.1) is 0 Å². The smallest absolute Gasteiger partial charge is 0.00295 e. The fourth-order valence-electron chi connectivity index (χ4n) is 7.48. The van der Waals surface area contributed by atoms with E-state index >= 15 is 0 Å². The molecule has 0 fully saturated rings. The van der Waals surface area contributed by atoms with E-state index in [9.17, 15) is 0 Å². The van der Waals surface area contributed by atoms with Crippen LogP contribution in [-0.2, 0) is 6.42 Å². The molecule has 8 aromatic carbocycles. The molecule has 0 aliphatic heterocycles. The van der Waals surface area contributed by atoms with Gasteiger partial charge in [0, 0.05) is 0 Å². The fraction of sp³-hybridized carbons (Fsp3) is 0.0455. The van der Waals surface area contributed by atoms with Crippen molar-refractivity contribution in [3.05, 3.63) is 163 Å². The zero-order valence-corrected chi connectivity index (χ0v) is 24.4. The highest BCUT2D eigenvalue weighted by Crippen LogP contribution is 2.47. The summed E-state index contributed by atoms with van der Waals surface area (Å²) in [5.74, 6) is 0. The van der Waals surface area contributed by atoms with Crippen LogP contribution >= 0.6 is 0 Å². The third kappa shape index (κ3) is 3.92. The number of allylic oxidation sites excluding steroid dienone is 1. The predicted octanol–water partition coefficient (Wildman–Crippen LogP) is 12.3. The highest BCUT2D eigenvalue weighted by Gasteiger charge is 2.23. The van der Waals surface area contributed by atoms with Gasteiger partial charge in [0.15, 0.2) is 0 Å². The van der Waals surface area contributed by atoms with E-state index in [1.54, 1.807) is 0 Å². The summed E-state index contributed by atoms with van der Waals surface area (Å²) < 4.78 is 0. The number of hydrogen-bond donors (Lipinski definition) is 0. The molecule has 0 bridgehead atoms. The van der Waals surface area contributed by atoms with Crippen LogP contribution in [0.25, 0.3) is 82.5 Å². The first-order valence-electron chi connectivity index (χ1n) is 15.6. The second-order valence-corrected chi connectivity index (χ2v) is 12.0. The van der Waals surface area contributed by atoms with Crippen molar-refractivity contribution >= 4 is 49.2 Å². The summed E-state index contributed by atoms with van der Waals surface area (Å²) in [5.41, 5.74) is 10.7. The van der Waals surface area contributed by atoms with Crippen LogP contribution in [0.4, 0.5) is 0 Å². The molecule has 0 spiro atoms. The Bertz CT molecular complexity index is 2420. The van der Waals surface area contributed by atoms with E-state index in [0.717, 1.165) is 12.8 Å². The summed E-state index contributed by atoms with van der Waals surface area (Å²) in [4.78, 5) is 0. The standard InChI is InChI=1S/C44H30/c1-2-12-29(13-3-1)30-22-23-32-27-34(25-24-31(32)26-30)43-38-18-8-10-20-40(38)44(41-21-11-9-19-39(41)43)42-28-33-14-4-5-15-35(33)36-16-6-7-17-37(36)42/h1-10,12-20,22-28H,11,21H2. The molecule has 206 valence electrons. The molecule has 0 heterocycles. The van der Waals surface area contributed by atoms with Gasteiger partial charge in [0.1, 0.15) is 0 Å². The van der Waals surface area contributed by atoms with Gasteiger partial charge in [-0.15, -0.1) is 0 Å². The lowest BCUT2D eigenvalue weighted by Gasteiger charge is -2.25. The van der Waals surface area contributed by atoms with Crippen molar-refractivity contribution in [2.45, 2.75) is 12.8 Å². The third-order valence-corrected chi connectivity index (χ3v) is 9.48. The van der Waals surface area contributed by atoms with E-state index in [2.05, 4.69) is 158 Å². The predicted molar refractivity (Wildman–Crippen MR) is 190 cm³/mol. The average molecular weight is 559 g/mol. The Morgan fingerprint density at radius 3 is 1.80 bits per heavy atom. The van der Waals surface area contributed by atoms with Crippen LogP contribution in [0.2, 0.25) is 0 Å². The van der Waals surface area contributed by atoms with Crippen LogP contribution in [0.1, 0.15) is 17.5 Å². The average Bonchev–Trinajstić information content (AvgIpc) is 3.10. The first kappa shape index (κ1) is 25.1. The molecular weight excluding hydrogens is 528 g/mol. The quantitative estimate of drug-likeness (QED) is 0.189. The van der Waals surface area contributed by atoms with Crippen molar-refractivity contribution in [3.8, 4) is 33.4 Å². The summed E-state index contributed by atoms with van der Waals surface area (Å²) in [7, 11) is 0. The molecular formula is C44H30. The fourth-order valence-corrected chi connectivity index (χ4v) is 7.48. The Hall–Kier alpha value is -5.46. The summed E-state index contributed by atoms with van der Waals surface area (Å²) in [5, 5.41) is 10.4. The van der Waals surface area contributed by atoms with Crippen molar-refractivity contribution in [1.82, 2.24) is 0 Å². The molecule has 0 nitrogen and oxygen atoms in total. The summed E-state index contributed by atoms with van der Waals surface area (Å²) >= 11 is 0. The normalized spacial score (nSPS) is 12.7. The maximum Gasteiger partial charge on any atom is -0.00295 e. The van der Waals surface area contributed by atoms with Gasteiger partial charge in [-0.25, -0.2) is 0 Å². The molecule has 0 saturated carbocycles. The van der Waals surface area contributed by atoms with Crippen molar-refractivity contribution < 1.29 is 0 Å². The molecule has 0 amide bonds. The molecule has 8 aromatic rings. The summed E-state index contributed by atoms with van der Waals surface area (Å²) in [6, 6.07) is 53.7. The SMILES string of the molecule is C1=Cc2c(c(-c3cc4ccccc4c4ccccc34)c3ccccc3c2-c2ccc3cc(-c4ccccc4)ccc3c2)CC1. The minimum absolute atomic E-state index is 1.04. The highest BCUT2D eigenvalue weighted by molar-refractivity contribution is 6.19. The largest absolute Gasteiger partial charge is 0.0836 e. The topological polar surface area (TPSA) is 0 Å². The minimum atomic E-state index is 1.04. The second-order valence-electron chi connectivity index (χ2n) is 12.0. The molecule has 0 radical (unpaired) electrons. The van der Waals surface area contributed by atoms with Crippen molar-refractivity contribution in [3.63, 3.8) is 0 Å². The molecule has 0 unspecified atom stereocenters. The Labute approximate surface area is 257 Å². The first-order chi connectivity index (χ1) is 21.8. The maximum absolute atomic E-state index is 2.43. The molecule has 44 heavy (non-hydrogen) atoms. The van der Waals surface area contributed by atoms with E-state index in [1.165, 1.54) is 87.6 Å². The van der Waals surface area contributed by atoms with Crippen molar-refractivity contribution in [1.29, 1.82) is 0 Å². The van der Waals surface area contributed by atoms with Gasteiger partial charge in [-0.3, -0.25) is 0 Å². The number of hydrogen-bond acceptors (Lipinski definition) is 0. The van der Waals surface area contributed by atoms with Gasteiger partial charge in [-0.1, -0.05) is 140 Å². The molecule has 0 N–H and O–H groups in total. The van der Waals surface area contributed by atoms with Gasteiger partial charge in [0.25, 0.3) is 0 Å². The lowest BCUT2D eigenvalue weighted by molar-refractivity contribution is 0.992. The van der Waals surface area contributed by atoms with Crippen LogP contribution in [0, 0.1) is 0 Å². The van der Waals surface area contributed by atoms with Crippen LogP contribution in [0.5, 0.6) is 0 Å². The van der Waals surface area contributed by atoms with Crippen LogP contribution in [0.3, 0.4) is 0 Å². The number of fused-ring (bicyclic) bond motifs is 6. The highest BCUT2D eigenvalue weighted by atomic mass is 14.3. The molecule has 0 saturated heterocycles. The first-order valence-corrected chi connectivity index (χ1v) is 15.6. The Kier molecular flexibility index (Phi) is 5.74. The van der Waals surface area contributed by atoms with Gasteiger partial charge >= 0.3 is 0 Å². The maximum atomic E-state index is 2.43. The molecule has 0 atom stereocenters. The zero-order chi connectivity index (χ0) is 29.0. The Morgan fingerprint density at radius 1 is 0.386 bits per heavy atom. The summed E-state index contributed by atoms with van der Waals surface area (Å²) in [6.45, 7) is 0. The summed E-state index contributed by atoms with van der Waals surface area (Å²) in [6.07, 6.45) is 6.84. The van der Waals surface area contributed by atoms with Gasteiger partial charge in [-0.05, 0) is 119 Å². The number of rotatable bonds is 3. The lowest BCUT2D eigenvalue weighted by Crippen LogP contribution is -2.03. The van der Waals surface area contributed by atoms with Crippen LogP contribution < -0.4 is 0 Å². The molecule has 1 aliphatic carbocycles. The van der Waals surface area contributed by atoms with E-state index in [-0.39, 0.29) is 0 Å². The van der Waals surface area contributed by atoms with E-state index in [1.807, 2.05) is 0 Å².